The van der Waals surface area contributed by atoms with Crippen LogP contribution in [-0.2, 0) is 32.1 Å². The third kappa shape index (κ3) is 4.02. The van der Waals surface area contributed by atoms with Crippen LogP contribution in [0.25, 0.3) is 0 Å². The molecule has 0 bridgehead atoms. The normalized spacial score (nSPS) is 29.6. The van der Waals surface area contributed by atoms with Crippen molar-refractivity contribution in [2.45, 2.75) is 31.0 Å². The SMILES string of the molecule is CN(C)[C@@H]1C(=O)C(C(N)=O)C(=O)[C@@]2(O)C(=O)C3C(=O)c4c(O)ccc(C(=O)CNCc5ccco5)c4C[C@H]3C[C@@H]12. The van der Waals surface area contributed by atoms with E-state index in [4.69, 9.17) is 10.2 Å². The molecule has 2 unspecified atom stereocenters. The smallest absolute Gasteiger partial charge is 0.235 e. The molecule has 40 heavy (non-hydrogen) atoms. The summed E-state index contributed by atoms with van der Waals surface area (Å²) in [7, 11) is 3.03. The van der Waals surface area contributed by atoms with Crippen LogP contribution in [0.1, 0.15) is 38.5 Å². The third-order valence-corrected chi connectivity index (χ3v) is 8.41. The number of hydrogen-bond acceptors (Lipinski definition) is 11. The fourth-order valence-corrected chi connectivity index (χ4v) is 6.67. The number of hydrogen-bond donors (Lipinski definition) is 4. The van der Waals surface area contributed by atoms with Gasteiger partial charge in [-0.3, -0.25) is 33.7 Å². The van der Waals surface area contributed by atoms with Crippen molar-refractivity contribution in [2.75, 3.05) is 20.6 Å². The zero-order valence-corrected chi connectivity index (χ0v) is 21.9. The monoisotopic (exact) mass is 551 g/mol. The number of aliphatic hydroxyl groups is 1. The number of amides is 1. The van der Waals surface area contributed by atoms with Crippen molar-refractivity contribution in [3.8, 4) is 5.75 Å². The van der Waals surface area contributed by atoms with Crippen LogP contribution in [0.4, 0.5) is 0 Å². The van der Waals surface area contributed by atoms with Crippen LogP contribution in [0.15, 0.2) is 34.9 Å². The highest BCUT2D eigenvalue weighted by Crippen LogP contribution is 2.51. The van der Waals surface area contributed by atoms with Gasteiger partial charge in [-0.15, -0.1) is 0 Å². The maximum Gasteiger partial charge on any atom is 0.235 e. The number of rotatable bonds is 7. The largest absolute Gasteiger partial charge is 0.507 e. The van der Waals surface area contributed by atoms with Crippen molar-refractivity contribution in [1.29, 1.82) is 0 Å². The fraction of sp³-hybridized carbons (Fsp3) is 0.429. The Morgan fingerprint density at radius 2 is 1.88 bits per heavy atom. The van der Waals surface area contributed by atoms with E-state index in [9.17, 15) is 39.0 Å². The summed E-state index contributed by atoms with van der Waals surface area (Å²) >= 11 is 0. The Balaban J connectivity index is 1.52. The average Bonchev–Trinajstić information content (AvgIpc) is 3.39. The van der Waals surface area contributed by atoms with E-state index in [1.165, 1.54) is 37.4 Å². The molecule has 1 heterocycles. The zero-order chi connectivity index (χ0) is 29.1. The number of nitrogens with two attached hydrogens (primary N) is 1. The number of nitrogens with one attached hydrogen (secondary N) is 1. The number of ketones is 5. The molecule has 5 rings (SSSR count). The van der Waals surface area contributed by atoms with Gasteiger partial charge in [-0.1, -0.05) is 0 Å². The summed E-state index contributed by atoms with van der Waals surface area (Å²) in [6.45, 7) is 0.194. The Morgan fingerprint density at radius 1 is 1.15 bits per heavy atom. The number of phenolic OH excluding ortho intramolecular Hbond substituents is 1. The molecule has 12 heteroatoms. The Kier molecular flexibility index (Phi) is 6.81. The summed E-state index contributed by atoms with van der Waals surface area (Å²) in [5.74, 6) is -11.1. The van der Waals surface area contributed by atoms with Gasteiger partial charge < -0.3 is 25.7 Å². The molecule has 0 saturated heterocycles. The van der Waals surface area contributed by atoms with Crippen LogP contribution < -0.4 is 11.1 Å². The zero-order valence-electron chi connectivity index (χ0n) is 21.9. The first-order chi connectivity index (χ1) is 18.9. The van der Waals surface area contributed by atoms with E-state index < -0.39 is 70.1 Å². The molecule has 6 atom stereocenters. The number of benzene rings is 1. The minimum Gasteiger partial charge on any atom is -0.507 e. The minimum absolute atomic E-state index is 0.0134. The number of fused-ring (bicyclic) bond motifs is 3. The predicted molar refractivity (Wildman–Crippen MR) is 136 cm³/mol. The maximum atomic E-state index is 13.8. The number of primary amides is 1. The molecule has 2 aromatic rings. The van der Waals surface area contributed by atoms with E-state index in [2.05, 4.69) is 5.32 Å². The predicted octanol–water partition coefficient (Wildman–Crippen LogP) is -0.567. The highest BCUT2D eigenvalue weighted by Gasteiger charge is 2.69. The van der Waals surface area contributed by atoms with Gasteiger partial charge in [0.2, 0.25) is 5.91 Å². The number of phenols is 1. The Morgan fingerprint density at radius 3 is 2.50 bits per heavy atom. The van der Waals surface area contributed by atoms with Gasteiger partial charge in [-0.05, 0) is 62.7 Å². The number of Topliss-reactive ketones (excluding diaryl/α,β-unsaturated/α-hetero) is 5. The Bertz CT molecular complexity index is 1450. The first-order valence-corrected chi connectivity index (χ1v) is 12.8. The van der Waals surface area contributed by atoms with Gasteiger partial charge in [0.25, 0.3) is 0 Å². The van der Waals surface area contributed by atoms with E-state index in [1.54, 1.807) is 12.1 Å². The molecule has 0 radical (unpaired) electrons. The van der Waals surface area contributed by atoms with E-state index in [0.29, 0.717) is 5.76 Å². The molecule has 1 aromatic heterocycles. The van der Waals surface area contributed by atoms with Crippen LogP contribution in [0, 0.1) is 23.7 Å². The van der Waals surface area contributed by atoms with E-state index in [-0.39, 0.29) is 48.4 Å². The van der Waals surface area contributed by atoms with E-state index in [1.807, 2.05) is 0 Å². The topological polar surface area (TPSA) is 197 Å². The van der Waals surface area contributed by atoms with Crippen molar-refractivity contribution >= 4 is 34.8 Å². The summed E-state index contributed by atoms with van der Waals surface area (Å²) in [6.07, 6.45) is 1.43. The molecule has 12 nitrogen and oxygen atoms in total. The van der Waals surface area contributed by atoms with E-state index >= 15 is 0 Å². The first-order valence-electron chi connectivity index (χ1n) is 12.8. The standard InChI is InChI=1S/C28H29N3O9/c1-31(2)22-16-9-12-8-15-14(18(33)11-30-10-13-4-3-7-40-13)5-6-17(32)20(15)23(34)19(12)25(36)28(16,39)26(37)21(24(22)35)27(29)38/h3-7,12,16,19,21-22,30,32,39H,8-11H2,1-2H3,(H2,29,38)/t12-,16-,19?,21?,22-,28-/m0/s1. The lowest BCUT2D eigenvalue weighted by atomic mass is 9.52. The minimum atomic E-state index is -2.80. The maximum absolute atomic E-state index is 13.8. The molecular formula is C28H29N3O9. The van der Waals surface area contributed by atoms with Crippen LogP contribution >= 0.6 is 0 Å². The van der Waals surface area contributed by atoms with Gasteiger partial charge >= 0.3 is 0 Å². The molecule has 0 spiro atoms. The molecule has 2 fully saturated rings. The highest BCUT2D eigenvalue weighted by molar-refractivity contribution is 6.32. The number of aromatic hydroxyl groups is 1. The number of nitrogens with zero attached hydrogens (tertiary/aromatic N) is 1. The number of carbonyl (C=O) groups excluding carboxylic acids is 6. The van der Waals surface area contributed by atoms with Gasteiger partial charge in [-0.2, -0.15) is 0 Å². The van der Waals surface area contributed by atoms with Crippen molar-refractivity contribution in [3.63, 3.8) is 0 Å². The van der Waals surface area contributed by atoms with Crippen molar-refractivity contribution < 1.29 is 43.4 Å². The van der Waals surface area contributed by atoms with E-state index in [0.717, 1.165) is 0 Å². The summed E-state index contributed by atoms with van der Waals surface area (Å²) in [5, 5.41) is 25.2. The first kappa shape index (κ1) is 27.6. The molecule has 1 aromatic carbocycles. The Labute approximate surface area is 228 Å². The summed E-state index contributed by atoms with van der Waals surface area (Å²) in [6, 6.07) is 4.86. The lowest BCUT2D eigenvalue weighted by Gasteiger charge is -2.52. The average molecular weight is 552 g/mol. The molecular weight excluding hydrogens is 522 g/mol. The van der Waals surface area contributed by atoms with Crippen LogP contribution in [0.5, 0.6) is 5.75 Å². The summed E-state index contributed by atoms with van der Waals surface area (Å²) in [5.41, 5.74) is 2.76. The summed E-state index contributed by atoms with van der Waals surface area (Å²) < 4.78 is 5.24. The van der Waals surface area contributed by atoms with Gasteiger partial charge in [0.05, 0.1) is 36.9 Å². The molecule has 1 amide bonds. The van der Waals surface area contributed by atoms with Gasteiger partial charge in [0.15, 0.2) is 40.4 Å². The van der Waals surface area contributed by atoms with Crippen LogP contribution in [0.3, 0.4) is 0 Å². The van der Waals surface area contributed by atoms with Crippen LogP contribution in [0.2, 0.25) is 0 Å². The molecule has 0 aliphatic heterocycles. The van der Waals surface area contributed by atoms with Gasteiger partial charge in [0.1, 0.15) is 11.5 Å². The third-order valence-electron chi connectivity index (χ3n) is 8.41. The lowest BCUT2D eigenvalue weighted by Crippen LogP contribution is -2.74. The molecule has 3 aliphatic rings. The molecule has 5 N–H and O–H groups in total. The molecule has 210 valence electrons. The second-order valence-corrected chi connectivity index (χ2v) is 10.9. The highest BCUT2D eigenvalue weighted by atomic mass is 16.3. The molecule has 3 aliphatic carbocycles. The van der Waals surface area contributed by atoms with Crippen LogP contribution in [-0.4, -0.2) is 82.2 Å². The van der Waals surface area contributed by atoms with Crippen molar-refractivity contribution in [2.24, 2.45) is 29.4 Å². The van der Waals surface area contributed by atoms with Crippen molar-refractivity contribution in [3.05, 3.63) is 53.0 Å². The van der Waals surface area contributed by atoms with Crippen molar-refractivity contribution in [1.82, 2.24) is 10.2 Å². The molecule has 2 saturated carbocycles. The summed E-state index contributed by atoms with van der Waals surface area (Å²) in [4.78, 5) is 80.7. The van der Waals surface area contributed by atoms with Gasteiger partial charge in [-0.25, -0.2) is 0 Å². The Hall–Kier alpha value is -4.00. The second kappa shape index (κ2) is 9.88. The number of likely N-dealkylation sites (N-methyl/N-ethyl adjacent to an activating group) is 1. The lowest BCUT2D eigenvalue weighted by molar-refractivity contribution is -0.181. The van der Waals surface area contributed by atoms with Gasteiger partial charge in [0, 0.05) is 11.5 Å². The second-order valence-electron chi connectivity index (χ2n) is 10.9. The fourth-order valence-electron chi connectivity index (χ4n) is 6.67. The quantitative estimate of drug-likeness (QED) is 0.254. The number of carbonyl (C=O) groups is 6. The number of furan rings is 1.